The summed E-state index contributed by atoms with van der Waals surface area (Å²) in [6.45, 7) is 0. The molecule has 0 saturated carbocycles. The molecule has 0 aliphatic carbocycles. The predicted octanol–water partition coefficient (Wildman–Crippen LogP) is 0.756. The molecule has 0 unspecified atom stereocenters. The van der Waals surface area contributed by atoms with Gasteiger partial charge in [0.1, 0.15) is 5.75 Å². The average molecular weight is 244 g/mol. The van der Waals surface area contributed by atoms with Crippen molar-refractivity contribution in [3.63, 3.8) is 0 Å². The molecule has 0 saturated heterocycles. The molecule has 6 nitrogen and oxygen atoms in total. The van der Waals surface area contributed by atoms with Crippen molar-refractivity contribution in [3.8, 4) is 17.0 Å². The first-order valence-corrected chi connectivity index (χ1v) is 5.23. The maximum absolute atomic E-state index is 11.3. The summed E-state index contributed by atoms with van der Waals surface area (Å²) in [6, 6.07) is 9.06. The zero-order valence-electron chi connectivity index (χ0n) is 9.75. The zero-order chi connectivity index (χ0) is 13.0. The molecule has 18 heavy (non-hydrogen) atoms. The first-order valence-electron chi connectivity index (χ1n) is 5.23. The number of rotatable bonds is 3. The predicted molar refractivity (Wildman–Crippen MR) is 65.7 cm³/mol. The number of nitrogens with one attached hydrogen (secondary N) is 1. The Hall–Kier alpha value is -2.47. The van der Waals surface area contributed by atoms with E-state index in [4.69, 9.17) is 10.6 Å². The van der Waals surface area contributed by atoms with Crippen LogP contribution in [-0.4, -0.2) is 23.0 Å². The normalized spacial score (nSPS) is 9.89. The van der Waals surface area contributed by atoms with Crippen LogP contribution in [0.25, 0.3) is 11.3 Å². The molecular formula is C12H12N4O2. The third kappa shape index (κ3) is 2.44. The molecule has 0 radical (unpaired) electrons. The maximum Gasteiger partial charge on any atom is 0.302 e. The van der Waals surface area contributed by atoms with Crippen LogP contribution in [-0.2, 0) is 0 Å². The third-order valence-corrected chi connectivity index (χ3v) is 2.38. The van der Waals surface area contributed by atoms with E-state index in [1.807, 2.05) is 29.7 Å². The van der Waals surface area contributed by atoms with Crippen molar-refractivity contribution in [1.82, 2.24) is 15.4 Å². The number of nitrogens with zero attached hydrogens (tertiary/aromatic N) is 2. The Morgan fingerprint density at radius 3 is 2.61 bits per heavy atom. The van der Waals surface area contributed by atoms with Crippen molar-refractivity contribution in [2.75, 3.05) is 7.11 Å². The zero-order valence-corrected chi connectivity index (χ0v) is 9.75. The van der Waals surface area contributed by atoms with Crippen molar-refractivity contribution in [2.45, 2.75) is 0 Å². The van der Waals surface area contributed by atoms with Gasteiger partial charge in [-0.3, -0.25) is 10.2 Å². The van der Waals surface area contributed by atoms with E-state index < -0.39 is 5.91 Å². The highest BCUT2D eigenvalue weighted by atomic mass is 16.5. The molecule has 0 atom stereocenters. The highest BCUT2D eigenvalue weighted by Gasteiger charge is 2.08. The second-order valence-electron chi connectivity index (χ2n) is 3.47. The minimum Gasteiger partial charge on any atom is -0.497 e. The standard InChI is InChI=1S/C12H12N4O2/c1-18-9-4-2-8(3-5-9)10-6-7-14-11(15-10)12(17)16-13/h2-7H,13H2,1H3,(H,16,17). The SMILES string of the molecule is COc1ccc(-c2ccnc(C(=O)NN)n2)cc1. The van der Waals surface area contributed by atoms with Crippen LogP contribution in [0.5, 0.6) is 5.75 Å². The molecular weight excluding hydrogens is 232 g/mol. The Balaban J connectivity index is 2.35. The Labute approximate surface area is 104 Å². The minimum atomic E-state index is -0.523. The number of nitrogens with two attached hydrogens (primary N) is 1. The van der Waals surface area contributed by atoms with Crippen LogP contribution < -0.4 is 16.0 Å². The first kappa shape index (κ1) is 12.0. The lowest BCUT2D eigenvalue weighted by Crippen LogP contribution is -2.31. The summed E-state index contributed by atoms with van der Waals surface area (Å²) in [7, 11) is 1.60. The molecule has 3 N–H and O–H groups in total. The Morgan fingerprint density at radius 2 is 2.00 bits per heavy atom. The number of amides is 1. The molecule has 1 aromatic carbocycles. The van der Waals surface area contributed by atoms with E-state index in [0.29, 0.717) is 5.69 Å². The number of aromatic nitrogens is 2. The second-order valence-corrected chi connectivity index (χ2v) is 3.47. The fourth-order valence-corrected chi connectivity index (χ4v) is 1.46. The molecule has 1 aromatic heterocycles. The van der Waals surface area contributed by atoms with Crippen molar-refractivity contribution >= 4 is 5.91 Å². The van der Waals surface area contributed by atoms with Crippen LogP contribution in [0.4, 0.5) is 0 Å². The summed E-state index contributed by atoms with van der Waals surface area (Å²) in [5.74, 6) is 5.30. The number of ether oxygens (including phenoxy) is 1. The Kier molecular flexibility index (Phi) is 3.49. The molecule has 92 valence electrons. The fraction of sp³-hybridized carbons (Fsp3) is 0.0833. The maximum atomic E-state index is 11.3. The Morgan fingerprint density at radius 1 is 1.28 bits per heavy atom. The summed E-state index contributed by atoms with van der Waals surface area (Å²) in [6.07, 6.45) is 1.51. The molecule has 0 aliphatic rings. The van der Waals surface area contributed by atoms with Crippen LogP contribution >= 0.6 is 0 Å². The van der Waals surface area contributed by atoms with Gasteiger partial charge in [-0.1, -0.05) is 0 Å². The number of hydrogen-bond donors (Lipinski definition) is 2. The number of hydrogen-bond acceptors (Lipinski definition) is 5. The van der Waals surface area contributed by atoms with Gasteiger partial charge in [-0.2, -0.15) is 0 Å². The Bertz CT molecular complexity index is 554. The van der Waals surface area contributed by atoms with Gasteiger partial charge in [0.15, 0.2) is 0 Å². The van der Waals surface area contributed by atoms with Crippen LogP contribution in [0, 0.1) is 0 Å². The second kappa shape index (κ2) is 5.24. The van der Waals surface area contributed by atoms with Gasteiger partial charge in [0.25, 0.3) is 0 Å². The third-order valence-electron chi connectivity index (χ3n) is 2.38. The lowest BCUT2D eigenvalue weighted by molar-refractivity contribution is 0.0943. The smallest absolute Gasteiger partial charge is 0.302 e. The van der Waals surface area contributed by atoms with Gasteiger partial charge in [-0.25, -0.2) is 15.8 Å². The highest BCUT2D eigenvalue weighted by molar-refractivity contribution is 5.90. The molecule has 0 fully saturated rings. The van der Waals surface area contributed by atoms with Gasteiger partial charge in [0, 0.05) is 11.8 Å². The lowest BCUT2D eigenvalue weighted by atomic mass is 10.1. The van der Waals surface area contributed by atoms with E-state index in [1.165, 1.54) is 6.20 Å². The largest absolute Gasteiger partial charge is 0.497 e. The summed E-state index contributed by atoms with van der Waals surface area (Å²) >= 11 is 0. The lowest BCUT2D eigenvalue weighted by Gasteiger charge is -2.04. The number of benzene rings is 1. The summed E-state index contributed by atoms with van der Waals surface area (Å²) in [4.78, 5) is 19.3. The molecule has 2 rings (SSSR count). The summed E-state index contributed by atoms with van der Waals surface area (Å²) < 4.78 is 5.07. The molecule has 1 heterocycles. The topological polar surface area (TPSA) is 90.1 Å². The van der Waals surface area contributed by atoms with Crippen LogP contribution in [0.2, 0.25) is 0 Å². The minimum absolute atomic E-state index is 0.0332. The fourth-order valence-electron chi connectivity index (χ4n) is 1.46. The quantitative estimate of drug-likeness (QED) is 0.472. The van der Waals surface area contributed by atoms with E-state index in [9.17, 15) is 4.79 Å². The average Bonchev–Trinajstić information content (AvgIpc) is 2.46. The molecule has 0 aliphatic heterocycles. The van der Waals surface area contributed by atoms with Crippen molar-refractivity contribution in [1.29, 1.82) is 0 Å². The van der Waals surface area contributed by atoms with Gasteiger partial charge in [-0.15, -0.1) is 0 Å². The number of carbonyl (C=O) groups is 1. The van der Waals surface area contributed by atoms with E-state index in [2.05, 4.69) is 9.97 Å². The van der Waals surface area contributed by atoms with Gasteiger partial charge >= 0.3 is 5.91 Å². The molecule has 1 amide bonds. The van der Waals surface area contributed by atoms with Crippen molar-refractivity contribution in [2.24, 2.45) is 5.84 Å². The van der Waals surface area contributed by atoms with Gasteiger partial charge in [-0.05, 0) is 30.3 Å². The summed E-state index contributed by atoms with van der Waals surface area (Å²) in [5.41, 5.74) is 3.50. The van der Waals surface area contributed by atoms with Gasteiger partial charge in [0.05, 0.1) is 12.8 Å². The van der Waals surface area contributed by atoms with Crippen LogP contribution in [0.1, 0.15) is 10.6 Å². The van der Waals surface area contributed by atoms with E-state index in [0.717, 1.165) is 11.3 Å². The number of methoxy groups -OCH3 is 1. The highest BCUT2D eigenvalue weighted by Crippen LogP contribution is 2.20. The van der Waals surface area contributed by atoms with E-state index in [-0.39, 0.29) is 5.82 Å². The first-order chi connectivity index (χ1) is 8.74. The van der Waals surface area contributed by atoms with Crippen molar-refractivity contribution in [3.05, 3.63) is 42.4 Å². The van der Waals surface area contributed by atoms with Crippen LogP contribution in [0.15, 0.2) is 36.5 Å². The van der Waals surface area contributed by atoms with E-state index in [1.54, 1.807) is 13.2 Å². The summed E-state index contributed by atoms with van der Waals surface area (Å²) in [5, 5.41) is 0. The number of carbonyl (C=O) groups excluding carboxylic acids is 1. The monoisotopic (exact) mass is 244 g/mol. The van der Waals surface area contributed by atoms with Crippen molar-refractivity contribution < 1.29 is 9.53 Å². The molecule has 2 aromatic rings. The van der Waals surface area contributed by atoms with E-state index >= 15 is 0 Å². The number of nitrogen functional groups attached to an aromatic ring is 1. The molecule has 0 spiro atoms. The van der Waals surface area contributed by atoms with Gasteiger partial charge < -0.3 is 4.74 Å². The molecule has 0 bridgehead atoms. The van der Waals surface area contributed by atoms with Gasteiger partial charge in [0.2, 0.25) is 5.82 Å². The molecule has 6 heteroatoms. The number of hydrazine groups is 1. The van der Waals surface area contributed by atoms with Crippen LogP contribution in [0.3, 0.4) is 0 Å².